The molecule has 0 saturated heterocycles. The maximum Gasteiger partial charge on any atom is -0.0443 e. The second-order valence-corrected chi connectivity index (χ2v) is 4.07. The van der Waals surface area contributed by atoms with Gasteiger partial charge in [-0.05, 0) is 11.8 Å². The molecule has 2 saturated carbocycles. The summed E-state index contributed by atoms with van der Waals surface area (Å²) >= 11 is 0. The van der Waals surface area contributed by atoms with E-state index in [1.807, 2.05) is 96.9 Å². The molecule has 0 aromatic carbocycles. The van der Waals surface area contributed by atoms with Crippen molar-refractivity contribution in [1.82, 2.24) is 0 Å². The summed E-state index contributed by atoms with van der Waals surface area (Å²) in [5, 5.41) is 0. The Labute approximate surface area is 191 Å². The van der Waals surface area contributed by atoms with Gasteiger partial charge in [0, 0.05) is 0 Å². The molecule has 0 nitrogen and oxygen atoms in total. The predicted molar refractivity (Wildman–Crippen MR) is 152 cm³/mol. The molecular formula is C28H78. The summed E-state index contributed by atoms with van der Waals surface area (Å²) in [6.07, 6.45) is 8.92. The Bertz CT molecular complexity index is 66.0. The highest BCUT2D eigenvalue weighted by atomic mass is 14.2. The molecule has 190 valence electrons. The van der Waals surface area contributed by atoms with Crippen molar-refractivity contribution in [3.63, 3.8) is 0 Å². The van der Waals surface area contributed by atoms with Crippen LogP contribution < -0.4 is 0 Å². The maximum absolute atomic E-state index is 2.31. The van der Waals surface area contributed by atoms with Gasteiger partial charge >= 0.3 is 0 Å². The van der Waals surface area contributed by atoms with Crippen LogP contribution in [0.5, 0.6) is 0 Å². The van der Waals surface area contributed by atoms with Gasteiger partial charge in [0.25, 0.3) is 0 Å². The second kappa shape index (κ2) is 127. The van der Waals surface area contributed by atoms with Crippen LogP contribution in [0.15, 0.2) is 0 Å². The highest BCUT2D eigenvalue weighted by molar-refractivity contribution is 4.62. The van der Waals surface area contributed by atoms with Gasteiger partial charge in [0.05, 0.1) is 0 Å². The van der Waals surface area contributed by atoms with E-state index < -0.39 is 0 Å². The average molecular weight is 415 g/mol. The molecule has 0 aromatic heterocycles. The number of hydrogen-bond donors (Lipinski definition) is 0. The zero-order valence-electron chi connectivity index (χ0n) is 21.4. The molecule has 0 N–H and O–H groups in total. The molecule has 2 fully saturated rings. The lowest BCUT2D eigenvalue weighted by Crippen LogP contribution is -2.04. The lowest BCUT2D eigenvalue weighted by Gasteiger charge is -2.18. The van der Waals surface area contributed by atoms with Crippen molar-refractivity contribution in [2.75, 3.05) is 0 Å². The molecule has 0 atom stereocenters. The van der Waals surface area contributed by atoms with Crippen molar-refractivity contribution in [2.24, 2.45) is 11.8 Å². The van der Waals surface area contributed by atoms with E-state index in [2.05, 4.69) is 13.8 Å². The molecular weight excluding hydrogens is 336 g/mol. The summed E-state index contributed by atoms with van der Waals surface area (Å²) in [4.78, 5) is 0. The molecule has 0 amide bonds. The topological polar surface area (TPSA) is 0 Å². The number of rotatable bonds is 0. The van der Waals surface area contributed by atoms with Crippen LogP contribution in [-0.4, -0.2) is 0 Å². The SMILES string of the molecule is C.C.C.C.CC.CC.CC.CC.CC.CC.CC.CC1CCC1.CC1CCC1. The third-order valence-electron chi connectivity index (χ3n) is 2.79. The normalized spacial score (nSPS) is 10.7. The van der Waals surface area contributed by atoms with E-state index >= 15 is 0 Å². The zero-order chi connectivity index (χ0) is 21.4. The highest BCUT2D eigenvalue weighted by Gasteiger charge is 2.09. The molecule has 2 aliphatic carbocycles. The van der Waals surface area contributed by atoms with Crippen LogP contribution in [0.1, 0.15) is 179 Å². The Hall–Kier alpha value is 0. The Morgan fingerprint density at radius 2 is 0.393 bits per heavy atom. The summed E-state index contributed by atoms with van der Waals surface area (Å²) in [6.45, 7) is 32.6. The van der Waals surface area contributed by atoms with E-state index in [0.717, 1.165) is 11.8 Å². The summed E-state index contributed by atoms with van der Waals surface area (Å²) in [6, 6.07) is 0. The van der Waals surface area contributed by atoms with Gasteiger partial charge in [-0.2, -0.15) is 0 Å². The van der Waals surface area contributed by atoms with Crippen molar-refractivity contribution in [1.29, 1.82) is 0 Å². The predicted octanol–water partition coefficient (Wildman–Crippen LogP) is 13.3. The van der Waals surface area contributed by atoms with E-state index in [9.17, 15) is 0 Å². The van der Waals surface area contributed by atoms with Crippen LogP contribution in [0.25, 0.3) is 0 Å². The molecule has 0 radical (unpaired) electrons. The van der Waals surface area contributed by atoms with Gasteiger partial charge in [0.2, 0.25) is 0 Å². The maximum atomic E-state index is 2.31. The molecule has 0 aliphatic heterocycles. The first kappa shape index (κ1) is 70.6. The van der Waals surface area contributed by atoms with E-state index in [1.54, 1.807) is 0 Å². The fraction of sp³-hybridized carbons (Fsp3) is 1.00. The second-order valence-electron chi connectivity index (χ2n) is 4.07. The number of hydrogen-bond acceptors (Lipinski definition) is 0. The molecule has 2 rings (SSSR count). The van der Waals surface area contributed by atoms with Crippen molar-refractivity contribution in [2.45, 2.75) is 179 Å². The molecule has 0 heterocycles. The fourth-order valence-electron chi connectivity index (χ4n) is 1.22. The molecule has 0 unspecified atom stereocenters. The van der Waals surface area contributed by atoms with Gasteiger partial charge in [-0.1, -0.05) is 179 Å². The van der Waals surface area contributed by atoms with Crippen LogP contribution in [0.3, 0.4) is 0 Å². The standard InChI is InChI=1S/2C5H10.7C2H6.4CH4/c2*1-5-3-2-4-5;7*1-2;;;;/h2*5H,2-4H2,1H3;7*1-2H3;4*1H4. The van der Waals surface area contributed by atoms with Crippen LogP contribution in [0, 0.1) is 11.8 Å². The largest absolute Gasteiger partial charge is 0.0776 e. The van der Waals surface area contributed by atoms with Crippen molar-refractivity contribution < 1.29 is 0 Å². The smallest absolute Gasteiger partial charge is 0.0443 e. The van der Waals surface area contributed by atoms with Crippen LogP contribution >= 0.6 is 0 Å². The van der Waals surface area contributed by atoms with Crippen molar-refractivity contribution >= 4 is 0 Å². The first-order valence-corrected chi connectivity index (χ1v) is 11.8. The first-order valence-electron chi connectivity index (χ1n) is 11.8. The van der Waals surface area contributed by atoms with Gasteiger partial charge in [0.1, 0.15) is 0 Å². The van der Waals surface area contributed by atoms with E-state index in [1.165, 1.54) is 38.5 Å². The monoisotopic (exact) mass is 415 g/mol. The zero-order valence-corrected chi connectivity index (χ0v) is 21.4. The lowest BCUT2D eigenvalue weighted by atomic mass is 9.88. The summed E-state index contributed by atoms with van der Waals surface area (Å²) in [5.41, 5.74) is 0. The fourth-order valence-corrected chi connectivity index (χ4v) is 1.22. The minimum Gasteiger partial charge on any atom is -0.0776 e. The minimum atomic E-state index is 0. The highest BCUT2D eigenvalue weighted by Crippen LogP contribution is 2.24. The van der Waals surface area contributed by atoms with Crippen LogP contribution in [-0.2, 0) is 0 Å². The van der Waals surface area contributed by atoms with E-state index in [0.29, 0.717) is 0 Å². The third-order valence-corrected chi connectivity index (χ3v) is 2.79. The van der Waals surface area contributed by atoms with Gasteiger partial charge < -0.3 is 0 Å². The first-order chi connectivity index (χ1) is 11.8. The molecule has 0 heteroatoms. The van der Waals surface area contributed by atoms with Crippen molar-refractivity contribution in [3.05, 3.63) is 0 Å². The van der Waals surface area contributed by atoms with Crippen LogP contribution in [0.2, 0.25) is 0 Å². The van der Waals surface area contributed by atoms with Crippen molar-refractivity contribution in [3.8, 4) is 0 Å². The summed E-state index contributed by atoms with van der Waals surface area (Å²) in [7, 11) is 0. The van der Waals surface area contributed by atoms with E-state index in [4.69, 9.17) is 0 Å². The summed E-state index contributed by atoms with van der Waals surface area (Å²) in [5.74, 6) is 2.13. The van der Waals surface area contributed by atoms with Gasteiger partial charge in [-0.3, -0.25) is 0 Å². The van der Waals surface area contributed by atoms with Crippen LogP contribution in [0.4, 0.5) is 0 Å². The van der Waals surface area contributed by atoms with Gasteiger partial charge in [-0.25, -0.2) is 0 Å². The Balaban J connectivity index is -0.0000000133. The molecule has 28 heavy (non-hydrogen) atoms. The Morgan fingerprint density at radius 3 is 0.393 bits per heavy atom. The quantitative estimate of drug-likeness (QED) is 0.369. The Morgan fingerprint density at radius 1 is 0.321 bits per heavy atom. The third kappa shape index (κ3) is 113. The minimum absolute atomic E-state index is 0. The Kier molecular flexibility index (Phi) is 320. The summed E-state index contributed by atoms with van der Waals surface area (Å²) < 4.78 is 0. The molecule has 0 bridgehead atoms. The molecule has 2 aliphatic rings. The van der Waals surface area contributed by atoms with Gasteiger partial charge in [0.15, 0.2) is 0 Å². The van der Waals surface area contributed by atoms with E-state index in [-0.39, 0.29) is 29.7 Å². The average Bonchev–Trinajstić information content (AvgIpc) is 2.70. The molecule has 0 spiro atoms. The molecule has 0 aromatic rings. The van der Waals surface area contributed by atoms with Gasteiger partial charge in [-0.15, -0.1) is 0 Å². The lowest BCUT2D eigenvalue weighted by molar-refractivity contribution is 0.346.